The molecule has 2 fully saturated rings. The Hall–Kier alpha value is -2.48. The van der Waals surface area contributed by atoms with Crippen LogP contribution in [0, 0.1) is 6.92 Å². The summed E-state index contributed by atoms with van der Waals surface area (Å²) in [6, 6.07) is 4.10. The molecule has 0 bridgehead atoms. The number of carbonyl (C=O) groups excluding carboxylic acids is 1. The highest BCUT2D eigenvalue weighted by molar-refractivity contribution is 7.99. The van der Waals surface area contributed by atoms with Crippen LogP contribution in [-0.2, 0) is 10.2 Å². The summed E-state index contributed by atoms with van der Waals surface area (Å²) in [5.74, 6) is 5.07. The summed E-state index contributed by atoms with van der Waals surface area (Å²) in [4.78, 5) is 24.5. The van der Waals surface area contributed by atoms with Gasteiger partial charge in [-0.15, -0.1) is 0 Å². The van der Waals surface area contributed by atoms with Gasteiger partial charge in [-0.05, 0) is 43.6 Å². The molecule has 1 aromatic heterocycles. The smallest absolute Gasteiger partial charge is 0.239 e. The largest absolute Gasteiger partial charge is 0.454 e. The highest BCUT2D eigenvalue weighted by Gasteiger charge is 2.61. The van der Waals surface area contributed by atoms with Crippen molar-refractivity contribution < 1.29 is 14.3 Å². The summed E-state index contributed by atoms with van der Waals surface area (Å²) in [7, 11) is 0. The van der Waals surface area contributed by atoms with E-state index in [2.05, 4.69) is 10.3 Å². The Morgan fingerprint density at radius 2 is 2.11 bits per heavy atom. The van der Waals surface area contributed by atoms with Gasteiger partial charge in [0.25, 0.3) is 0 Å². The normalized spacial score (nSPS) is 23.4. The van der Waals surface area contributed by atoms with Gasteiger partial charge >= 0.3 is 0 Å². The number of carbonyl (C=O) groups is 1. The fourth-order valence-electron chi connectivity index (χ4n) is 4.37. The lowest BCUT2D eigenvalue weighted by Crippen LogP contribution is -2.41. The number of nitrogens with one attached hydrogen (secondary N) is 1. The number of rotatable bonds is 3. The molecule has 28 heavy (non-hydrogen) atoms. The number of hydrogen-bond acceptors (Lipinski definition) is 7. The summed E-state index contributed by atoms with van der Waals surface area (Å²) in [5.41, 5.74) is 2.54. The van der Waals surface area contributed by atoms with Crippen molar-refractivity contribution in [2.45, 2.75) is 37.6 Å². The van der Waals surface area contributed by atoms with Crippen molar-refractivity contribution in [1.29, 1.82) is 0 Å². The molecular weight excluding hydrogens is 376 g/mol. The molecule has 0 radical (unpaired) electrons. The molecule has 2 aromatic rings. The van der Waals surface area contributed by atoms with Crippen molar-refractivity contribution in [3.05, 3.63) is 29.5 Å². The second-order valence-electron chi connectivity index (χ2n) is 7.85. The maximum Gasteiger partial charge on any atom is 0.239 e. The Labute approximate surface area is 166 Å². The highest BCUT2D eigenvalue weighted by atomic mass is 32.2. The average molecular weight is 396 g/mol. The molecule has 6 rings (SSSR count). The minimum atomic E-state index is -0.351. The Morgan fingerprint density at radius 3 is 2.86 bits per heavy atom. The molecular formula is C20H20N4O3S. The molecule has 1 unspecified atom stereocenters. The lowest BCUT2D eigenvalue weighted by molar-refractivity contribution is -0.120. The van der Waals surface area contributed by atoms with Gasteiger partial charge in [0.05, 0.1) is 5.41 Å². The van der Waals surface area contributed by atoms with E-state index in [0.29, 0.717) is 11.7 Å². The number of benzene rings is 1. The van der Waals surface area contributed by atoms with E-state index in [9.17, 15) is 4.79 Å². The van der Waals surface area contributed by atoms with Gasteiger partial charge in [0.1, 0.15) is 5.82 Å². The molecule has 4 heterocycles. The van der Waals surface area contributed by atoms with Gasteiger partial charge in [-0.1, -0.05) is 0 Å². The maximum absolute atomic E-state index is 13.2. The second kappa shape index (κ2) is 5.76. The zero-order chi connectivity index (χ0) is 18.9. The number of amides is 1. The first-order valence-electron chi connectivity index (χ1n) is 9.62. The van der Waals surface area contributed by atoms with Crippen LogP contribution < -0.4 is 19.7 Å². The van der Waals surface area contributed by atoms with Gasteiger partial charge in [0, 0.05) is 35.3 Å². The number of anilines is 3. The van der Waals surface area contributed by atoms with Crippen molar-refractivity contribution in [2.75, 3.05) is 28.5 Å². The van der Waals surface area contributed by atoms with E-state index in [0.717, 1.165) is 59.1 Å². The van der Waals surface area contributed by atoms with Crippen molar-refractivity contribution in [2.24, 2.45) is 0 Å². The van der Waals surface area contributed by atoms with Gasteiger partial charge in [-0.25, -0.2) is 4.98 Å². The van der Waals surface area contributed by atoms with Crippen molar-refractivity contribution in [3.63, 3.8) is 0 Å². The van der Waals surface area contributed by atoms with E-state index in [4.69, 9.17) is 14.5 Å². The molecule has 1 saturated heterocycles. The van der Waals surface area contributed by atoms with Crippen LogP contribution in [0.1, 0.15) is 30.4 Å². The third kappa shape index (κ3) is 2.27. The van der Waals surface area contributed by atoms with Crippen LogP contribution in [0.4, 0.5) is 17.5 Å². The minimum Gasteiger partial charge on any atom is -0.454 e. The number of nitrogens with zero attached hydrogens (tertiary/aromatic N) is 3. The standard InChI is InChI=1S/C20H20N4O3S/c1-11-6-15-16(27-10-26-15)7-14(11)22-19-21-8-13-17(23-19)24(12-2-5-28-9-12)18(25)20(13)3-4-20/h6-8,12H,2-5,9-10H2,1H3,(H,21,22,23). The van der Waals surface area contributed by atoms with Gasteiger partial charge < -0.3 is 14.8 Å². The van der Waals surface area contributed by atoms with Crippen LogP contribution in [0.3, 0.4) is 0 Å². The maximum atomic E-state index is 13.2. The monoisotopic (exact) mass is 396 g/mol. The third-order valence-electron chi connectivity index (χ3n) is 6.13. The molecule has 1 N–H and O–H groups in total. The van der Waals surface area contributed by atoms with Crippen LogP contribution in [0.5, 0.6) is 11.5 Å². The van der Waals surface area contributed by atoms with E-state index in [1.807, 2.05) is 41.9 Å². The zero-order valence-electron chi connectivity index (χ0n) is 15.5. The number of aromatic nitrogens is 2. The molecule has 1 atom stereocenters. The van der Waals surface area contributed by atoms with Crippen LogP contribution in [-0.4, -0.2) is 40.2 Å². The quantitative estimate of drug-likeness (QED) is 0.854. The Morgan fingerprint density at radius 1 is 1.29 bits per heavy atom. The van der Waals surface area contributed by atoms with Gasteiger partial charge in [0.15, 0.2) is 11.5 Å². The zero-order valence-corrected chi connectivity index (χ0v) is 16.3. The summed E-state index contributed by atoms with van der Waals surface area (Å²) >= 11 is 1.91. The summed E-state index contributed by atoms with van der Waals surface area (Å²) in [6.07, 6.45) is 4.69. The summed E-state index contributed by atoms with van der Waals surface area (Å²) in [6.45, 7) is 2.24. The lowest BCUT2D eigenvalue weighted by Gasteiger charge is -2.24. The fraction of sp³-hybridized carbons (Fsp3) is 0.450. The van der Waals surface area contributed by atoms with E-state index in [1.54, 1.807) is 0 Å². The van der Waals surface area contributed by atoms with Gasteiger partial charge in [-0.2, -0.15) is 16.7 Å². The Bertz CT molecular complexity index is 1000. The SMILES string of the molecule is Cc1cc2c(cc1Nc1ncc3c(n1)N(C1CCSC1)C(=O)C31CC1)OCO2. The van der Waals surface area contributed by atoms with Crippen molar-refractivity contribution in [3.8, 4) is 11.5 Å². The minimum absolute atomic E-state index is 0.223. The highest BCUT2D eigenvalue weighted by Crippen LogP contribution is 2.57. The number of aryl methyl sites for hydroxylation is 1. The van der Waals surface area contributed by atoms with Crippen LogP contribution in [0.2, 0.25) is 0 Å². The lowest BCUT2D eigenvalue weighted by atomic mass is 10.0. The Balaban J connectivity index is 1.37. The molecule has 1 aliphatic carbocycles. The van der Waals surface area contributed by atoms with Crippen LogP contribution in [0.15, 0.2) is 18.3 Å². The average Bonchev–Trinajstić information content (AvgIpc) is 3.00. The predicted molar refractivity (Wildman–Crippen MR) is 107 cm³/mol. The van der Waals surface area contributed by atoms with E-state index < -0.39 is 0 Å². The molecule has 1 amide bonds. The number of thioether (sulfide) groups is 1. The van der Waals surface area contributed by atoms with E-state index in [-0.39, 0.29) is 24.2 Å². The molecule has 4 aliphatic rings. The van der Waals surface area contributed by atoms with Gasteiger partial charge in [0.2, 0.25) is 18.6 Å². The van der Waals surface area contributed by atoms with Crippen molar-refractivity contribution >= 4 is 35.1 Å². The number of fused-ring (bicyclic) bond motifs is 3. The first-order valence-corrected chi connectivity index (χ1v) is 10.8. The fourth-order valence-corrected chi connectivity index (χ4v) is 5.56. The number of ether oxygens (including phenoxy) is 2. The first kappa shape index (κ1) is 16.5. The first-order chi connectivity index (χ1) is 13.7. The van der Waals surface area contributed by atoms with E-state index in [1.165, 1.54) is 0 Å². The topological polar surface area (TPSA) is 76.6 Å². The summed E-state index contributed by atoms with van der Waals surface area (Å²) < 4.78 is 10.9. The van der Waals surface area contributed by atoms with Crippen molar-refractivity contribution in [1.82, 2.24) is 9.97 Å². The summed E-state index contributed by atoms with van der Waals surface area (Å²) in [5, 5.41) is 3.30. The molecule has 1 aromatic carbocycles. The Kier molecular flexibility index (Phi) is 3.39. The van der Waals surface area contributed by atoms with Crippen LogP contribution >= 0.6 is 11.8 Å². The number of hydrogen-bond donors (Lipinski definition) is 1. The van der Waals surface area contributed by atoms with Gasteiger partial charge in [-0.3, -0.25) is 9.69 Å². The molecule has 1 spiro atoms. The van der Waals surface area contributed by atoms with E-state index >= 15 is 0 Å². The third-order valence-corrected chi connectivity index (χ3v) is 7.27. The molecule has 3 aliphatic heterocycles. The molecule has 8 heteroatoms. The second-order valence-corrected chi connectivity index (χ2v) is 9.00. The predicted octanol–water partition coefficient (Wildman–Crippen LogP) is 3.14. The van der Waals surface area contributed by atoms with Crippen LogP contribution in [0.25, 0.3) is 0 Å². The molecule has 1 saturated carbocycles. The molecule has 144 valence electrons. The molecule has 7 nitrogen and oxygen atoms in total.